The van der Waals surface area contributed by atoms with Crippen LogP contribution in [-0.4, -0.2) is 43.9 Å². The van der Waals surface area contributed by atoms with Gasteiger partial charge in [0.15, 0.2) is 5.16 Å². The number of primary amides is 1. The third kappa shape index (κ3) is 5.72. The van der Waals surface area contributed by atoms with Crippen molar-refractivity contribution in [3.05, 3.63) is 5.82 Å². The van der Waals surface area contributed by atoms with Crippen molar-refractivity contribution in [1.29, 1.82) is 0 Å². The van der Waals surface area contributed by atoms with Crippen LogP contribution in [0.4, 0.5) is 4.79 Å². The van der Waals surface area contributed by atoms with Gasteiger partial charge in [0.05, 0.1) is 5.25 Å². The van der Waals surface area contributed by atoms with Gasteiger partial charge in [-0.25, -0.2) is 4.79 Å². The molecule has 9 nitrogen and oxygen atoms in total. The summed E-state index contributed by atoms with van der Waals surface area (Å²) >= 11 is 1.22. The zero-order valence-corrected chi connectivity index (χ0v) is 16.0. The summed E-state index contributed by atoms with van der Waals surface area (Å²) in [6.07, 6.45) is 4.73. The average molecular weight is 382 g/mol. The summed E-state index contributed by atoms with van der Waals surface area (Å²) in [4.78, 5) is 35.1. The highest BCUT2D eigenvalue weighted by Gasteiger charge is 2.23. The van der Waals surface area contributed by atoms with Crippen molar-refractivity contribution in [2.24, 2.45) is 5.73 Å². The highest BCUT2D eigenvalue weighted by molar-refractivity contribution is 8.00. The number of carbonyl (C=O) groups is 3. The number of nitrogens with one attached hydrogen (secondary N) is 2. The maximum atomic E-state index is 12.2. The molecule has 1 saturated carbocycles. The van der Waals surface area contributed by atoms with Crippen LogP contribution in [-0.2, 0) is 22.6 Å². The molecule has 10 heteroatoms. The van der Waals surface area contributed by atoms with Crippen LogP contribution in [0.3, 0.4) is 0 Å². The predicted molar refractivity (Wildman–Crippen MR) is 97.5 cm³/mol. The van der Waals surface area contributed by atoms with Crippen LogP contribution in [0.1, 0.15) is 51.8 Å². The second kappa shape index (κ2) is 9.56. The summed E-state index contributed by atoms with van der Waals surface area (Å²) in [6.45, 7) is 4.25. The average Bonchev–Trinajstić information content (AvgIpc) is 3.22. The monoisotopic (exact) mass is 382 g/mol. The smallest absolute Gasteiger partial charge is 0.321 e. The number of imide groups is 1. The van der Waals surface area contributed by atoms with E-state index in [4.69, 9.17) is 5.73 Å². The van der Waals surface area contributed by atoms with Gasteiger partial charge in [-0.05, 0) is 26.7 Å². The minimum Gasteiger partial charge on any atom is -0.370 e. The number of hydrogen-bond donors (Lipinski definition) is 3. The summed E-state index contributed by atoms with van der Waals surface area (Å²) in [5.74, 6) is -0.124. The molecule has 0 radical (unpaired) electrons. The van der Waals surface area contributed by atoms with Crippen molar-refractivity contribution in [2.75, 3.05) is 0 Å². The maximum Gasteiger partial charge on any atom is 0.321 e. The molecule has 1 aromatic rings. The van der Waals surface area contributed by atoms with Gasteiger partial charge in [0, 0.05) is 25.4 Å². The molecule has 0 saturated heterocycles. The van der Waals surface area contributed by atoms with Crippen LogP contribution in [0.5, 0.6) is 0 Å². The van der Waals surface area contributed by atoms with E-state index in [0.29, 0.717) is 23.9 Å². The first-order valence-corrected chi connectivity index (χ1v) is 9.77. The number of urea groups is 1. The Labute approximate surface area is 156 Å². The molecule has 1 aromatic heterocycles. The molecular weight excluding hydrogens is 356 g/mol. The van der Waals surface area contributed by atoms with E-state index in [1.807, 2.05) is 11.5 Å². The fraction of sp³-hybridized carbons (Fsp3) is 0.688. The number of aryl methyl sites for hydroxylation is 1. The fourth-order valence-corrected chi connectivity index (χ4v) is 3.79. The number of thioether (sulfide) groups is 1. The van der Waals surface area contributed by atoms with Crippen LogP contribution < -0.4 is 16.4 Å². The normalized spacial score (nSPS) is 15.6. The Kier molecular flexibility index (Phi) is 7.43. The third-order valence-corrected chi connectivity index (χ3v) is 5.36. The molecule has 26 heavy (non-hydrogen) atoms. The van der Waals surface area contributed by atoms with E-state index in [1.54, 1.807) is 6.92 Å². The van der Waals surface area contributed by atoms with Gasteiger partial charge >= 0.3 is 6.03 Å². The van der Waals surface area contributed by atoms with Crippen LogP contribution >= 0.6 is 11.8 Å². The van der Waals surface area contributed by atoms with E-state index in [1.165, 1.54) is 11.8 Å². The first-order chi connectivity index (χ1) is 12.4. The number of carbonyl (C=O) groups excluding carboxylic acids is 3. The number of nitrogens with zero attached hydrogens (tertiary/aromatic N) is 3. The molecule has 4 amide bonds. The topological polar surface area (TPSA) is 132 Å². The molecule has 144 valence electrons. The Bertz CT molecular complexity index is 656. The van der Waals surface area contributed by atoms with Gasteiger partial charge in [-0.15, -0.1) is 10.2 Å². The lowest BCUT2D eigenvalue weighted by molar-refractivity contribution is -0.119. The fourth-order valence-electron chi connectivity index (χ4n) is 2.86. The quantitative estimate of drug-likeness (QED) is 0.574. The molecule has 0 bridgehead atoms. The maximum absolute atomic E-state index is 12.2. The number of hydrogen-bond acceptors (Lipinski definition) is 6. The lowest BCUT2D eigenvalue weighted by Crippen LogP contribution is -2.45. The number of nitrogens with two attached hydrogens (primary N) is 1. The van der Waals surface area contributed by atoms with Gasteiger partial charge in [0.1, 0.15) is 5.82 Å². The Balaban J connectivity index is 1.89. The highest BCUT2D eigenvalue weighted by atomic mass is 32.2. The second-order valence-electron chi connectivity index (χ2n) is 6.31. The molecule has 1 aliphatic rings. The van der Waals surface area contributed by atoms with Gasteiger partial charge in [-0.2, -0.15) is 0 Å². The van der Waals surface area contributed by atoms with Crippen LogP contribution in [0.25, 0.3) is 0 Å². The lowest BCUT2D eigenvalue weighted by Gasteiger charge is -2.15. The number of amides is 4. The molecular formula is C16H26N6O3S. The van der Waals surface area contributed by atoms with E-state index >= 15 is 0 Å². The van der Waals surface area contributed by atoms with Crippen molar-refractivity contribution >= 4 is 29.6 Å². The predicted octanol–water partition coefficient (Wildman–Crippen LogP) is 0.965. The Morgan fingerprint density at radius 3 is 2.62 bits per heavy atom. The number of aromatic nitrogens is 3. The van der Waals surface area contributed by atoms with Crippen LogP contribution in [0.2, 0.25) is 0 Å². The van der Waals surface area contributed by atoms with Crippen LogP contribution in [0.15, 0.2) is 5.16 Å². The molecule has 0 unspecified atom stereocenters. The van der Waals surface area contributed by atoms with Crippen molar-refractivity contribution in [1.82, 2.24) is 25.4 Å². The third-order valence-electron chi connectivity index (χ3n) is 4.28. The molecule has 0 aromatic carbocycles. The molecule has 0 spiro atoms. The van der Waals surface area contributed by atoms with E-state index in [-0.39, 0.29) is 18.4 Å². The minimum absolute atomic E-state index is 0.154. The van der Waals surface area contributed by atoms with E-state index in [0.717, 1.165) is 25.7 Å². The molecule has 1 aliphatic carbocycles. The summed E-state index contributed by atoms with van der Waals surface area (Å²) in [5, 5.41) is 13.4. The molecule has 1 atom stereocenters. The molecule has 0 aliphatic heterocycles. The summed E-state index contributed by atoms with van der Waals surface area (Å²) in [7, 11) is 0. The highest BCUT2D eigenvalue weighted by Crippen LogP contribution is 2.23. The Morgan fingerprint density at radius 2 is 2.00 bits per heavy atom. The van der Waals surface area contributed by atoms with Crippen molar-refractivity contribution in [3.63, 3.8) is 0 Å². The van der Waals surface area contributed by atoms with Crippen molar-refractivity contribution < 1.29 is 14.4 Å². The molecule has 1 heterocycles. The zero-order valence-electron chi connectivity index (χ0n) is 15.2. The molecule has 1 fully saturated rings. The van der Waals surface area contributed by atoms with Gasteiger partial charge in [-0.3, -0.25) is 14.9 Å². The first-order valence-electron chi connectivity index (χ1n) is 8.89. The lowest BCUT2D eigenvalue weighted by atomic mass is 10.2. The van der Waals surface area contributed by atoms with E-state index < -0.39 is 17.2 Å². The second-order valence-corrected chi connectivity index (χ2v) is 7.62. The standard InChI is InChI=1S/C16H26N6O3S/c1-3-22-13(9-8-12(17)23)20-21-16(22)26-10(2)14(24)19-15(25)18-11-6-4-5-7-11/h10-11H,3-9H2,1-2H3,(H2,17,23)(H2,18,19,24,25)/t10-/m1/s1. The van der Waals surface area contributed by atoms with E-state index in [9.17, 15) is 14.4 Å². The summed E-state index contributed by atoms with van der Waals surface area (Å²) in [5.41, 5.74) is 5.17. The largest absolute Gasteiger partial charge is 0.370 e. The number of rotatable bonds is 8. The zero-order chi connectivity index (χ0) is 19.1. The molecule has 2 rings (SSSR count). The summed E-state index contributed by atoms with van der Waals surface area (Å²) < 4.78 is 1.84. The minimum atomic E-state index is -0.511. The van der Waals surface area contributed by atoms with Crippen molar-refractivity contribution in [2.45, 2.75) is 75.4 Å². The first kappa shape index (κ1) is 20.2. The van der Waals surface area contributed by atoms with Gasteiger partial charge < -0.3 is 15.6 Å². The Hall–Kier alpha value is -2.10. The van der Waals surface area contributed by atoms with Crippen LogP contribution in [0, 0.1) is 0 Å². The van der Waals surface area contributed by atoms with Gasteiger partial charge in [-0.1, -0.05) is 24.6 Å². The van der Waals surface area contributed by atoms with Gasteiger partial charge in [0.2, 0.25) is 11.8 Å². The van der Waals surface area contributed by atoms with Crippen molar-refractivity contribution in [3.8, 4) is 0 Å². The molecule has 4 N–H and O–H groups in total. The van der Waals surface area contributed by atoms with E-state index in [2.05, 4.69) is 20.8 Å². The van der Waals surface area contributed by atoms with Gasteiger partial charge in [0.25, 0.3) is 0 Å². The SMILES string of the molecule is CCn1c(CCC(N)=O)nnc1S[C@H](C)C(=O)NC(=O)NC1CCCC1. The summed E-state index contributed by atoms with van der Waals surface area (Å²) in [6, 6.07) is -0.296. The Morgan fingerprint density at radius 1 is 1.31 bits per heavy atom.